The second-order valence-electron chi connectivity index (χ2n) is 4.35. The summed E-state index contributed by atoms with van der Waals surface area (Å²) < 4.78 is 0. The molecule has 1 aliphatic heterocycles. The van der Waals surface area contributed by atoms with Crippen LogP contribution in [0.1, 0.15) is 23.5 Å². The van der Waals surface area contributed by atoms with Crippen LogP contribution in [0.4, 0.5) is 5.69 Å². The molecule has 1 heterocycles. The Morgan fingerprint density at radius 3 is 3.12 bits per heavy atom. The first-order valence-corrected chi connectivity index (χ1v) is 5.40. The molecule has 0 saturated heterocycles. The van der Waals surface area contributed by atoms with Crippen molar-refractivity contribution in [1.29, 1.82) is 0 Å². The van der Waals surface area contributed by atoms with Crippen LogP contribution in [-0.2, 0) is 4.79 Å². The molecule has 0 amide bonds. The van der Waals surface area contributed by atoms with Gasteiger partial charge in [-0.05, 0) is 25.0 Å². The average molecular weight is 220 g/mol. The highest BCUT2D eigenvalue weighted by Crippen LogP contribution is 2.34. The zero-order valence-corrected chi connectivity index (χ0v) is 9.23. The molecule has 2 atom stereocenters. The molecule has 4 N–H and O–H groups in total. The largest absolute Gasteiger partial charge is 0.480 e. The van der Waals surface area contributed by atoms with Gasteiger partial charge in [0.1, 0.15) is 6.04 Å². The number of carboxylic acids is 1. The van der Waals surface area contributed by atoms with Crippen molar-refractivity contribution >= 4 is 11.7 Å². The van der Waals surface area contributed by atoms with Crippen molar-refractivity contribution < 1.29 is 9.90 Å². The number of nitrogens with one attached hydrogen (secondary N) is 1. The molecule has 0 aromatic heterocycles. The number of carbonyl (C=O) groups is 1. The number of carboxylic acid groups (broad SMARTS) is 1. The molecule has 16 heavy (non-hydrogen) atoms. The zero-order chi connectivity index (χ0) is 11.7. The van der Waals surface area contributed by atoms with E-state index in [2.05, 4.69) is 11.4 Å². The third-order valence-corrected chi connectivity index (χ3v) is 3.04. The molecule has 0 spiro atoms. The molecule has 2 rings (SSSR count). The summed E-state index contributed by atoms with van der Waals surface area (Å²) >= 11 is 0. The lowest BCUT2D eigenvalue weighted by Gasteiger charge is -2.13. The molecule has 1 aromatic rings. The van der Waals surface area contributed by atoms with Crippen LogP contribution < -0.4 is 11.1 Å². The summed E-state index contributed by atoms with van der Waals surface area (Å²) in [5.74, 6) is -0.720. The van der Waals surface area contributed by atoms with E-state index < -0.39 is 12.0 Å². The van der Waals surface area contributed by atoms with Crippen molar-refractivity contribution in [3.63, 3.8) is 0 Å². The number of hydrogen-bond donors (Lipinski definition) is 3. The topological polar surface area (TPSA) is 75.4 Å². The summed E-state index contributed by atoms with van der Waals surface area (Å²) in [6.45, 7) is 2.81. The molecule has 0 fully saturated rings. The Balaban J connectivity index is 2.17. The summed E-state index contributed by atoms with van der Waals surface area (Å²) in [7, 11) is 0. The normalized spacial score (nSPS) is 20.0. The van der Waals surface area contributed by atoms with E-state index in [0.717, 1.165) is 12.2 Å². The number of benzene rings is 1. The SMILES string of the molecule is Cc1ccc2c(c1)[C@H](C[C@@H](N)C(=O)O)CN2. The highest BCUT2D eigenvalue weighted by molar-refractivity contribution is 5.73. The van der Waals surface area contributed by atoms with E-state index in [1.807, 2.05) is 19.1 Å². The second kappa shape index (κ2) is 4.14. The number of hydrogen-bond acceptors (Lipinski definition) is 3. The van der Waals surface area contributed by atoms with Crippen molar-refractivity contribution in [3.8, 4) is 0 Å². The highest BCUT2D eigenvalue weighted by Gasteiger charge is 2.26. The van der Waals surface area contributed by atoms with E-state index in [9.17, 15) is 4.79 Å². The van der Waals surface area contributed by atoms with Crippen LogP contribution in [0, 0.1) is 6.92 Å². The quantitative estimate of drug-likeness (QED) is 0.717. The number of anilines is 1. The summed E-state index contributed by atoms with van der Waals surface area (Å²) in [4.78, 5) is 10.7. The minimum absolute atomic E-state index is 0.209. The lowest BCUT2D eigenvalue weighted by molar-refractivity contribution is -0.138. The Labute approximate surface area is 94.5 Å². The predicted molar refractivity (Wildman–Crippen MR) is 62.6 cm³/mol. The van der Waals surface area contributed by atoms with E-state index in [1.54, 1.807) is 0 Å². The lowest BCUT2D eigenvalue weighted by Crippen LogP contribution is -2.32. The number of aliphatic carboxylic acids is 1. The third-order valence-electron chi connectivity index (χ3n) is 3.04. The van der Waals surface area contributed by atoms with Gasteiger partial charge in [0, 0.05) is 18.2 Å². The molecule has 1 aromatic carbocycles. The van der Waals surface area contributed by atoms with Crippen molar-refractivity contribution in [3.05, 3.63) is 29.3 Å². The van der Waals surface area contributed by atoms with Crippen molar-refractivity contribution in [2.45, 2.75) is 25.3 Å². The van der Waals surface area contributed by atoms with Gasteiger partial charge in [0.25, 0.3) is 0 Å². The Kier molecular flexibility index (Phi) is 2.83. The average Bonchev–Trinajstić information content (AvgIpc) is 2.61. The minimum atomic E-state index is -0.930. The Morgan fingerprint density at radius 2 is 2.44 bits per heavy atom. The maximum Gasteiger partial charge on any atom is 0.320 e. The molecule has 0 unspecified atom stereocenters. The Hall–Kier alpha value is -1.55. The Morgan fingerprint density at radius 1 is 1.69 bits per heavy atom. The van der Waals surface area contributed by atoms with Gasteiger partial charge in [0.05, 0.1) is 0 Å². The molecule has 1 aliphatic rings. The van der Waals surface area contributed by atoms with Gasteiger partial charge in [-0.2, -0.15) is 0 Å². The third kappa shape index (κ3) is 2.02. The van der Waals surface area contributed by atoms with Crippen LogP contribution in [0.15, 0.2) is 18.2 Å². The van der Waals surface area contributed by atoms with Gasteiger partial charge in [0.15, 0.2) is 0 Å². The molecule has 0 saturated carbocycles. The van der Waals surface area contributed by atoms with Gasteiger partial charge in [-0.1, -0.05) is 17.7 Å². The van der Waals surface area contributed by atoms with Crippen LogP contribution in [0.25, 0.3) is 0 Å². The van der Waals surface area contributed by atoms with Gasteiger partial charge >= 0.3 is 5.97 Å². The molecule has 0 radical (unpaired) electrons. The summed E-state index contributed by atoms with van der Waals surface area (Å²) in [5.41, 5.74) is 9.05. The van der Waals surface area contributed by atoms with Crippen molar-refractivity contribution in [1.82, 2.24) is 0 Å². The van der Waals surface area contributed by atoms with Gasteiger partial charge in [-0.3, -0.25) is 4.79 Å². The van der Waals surface area contributed by atoms with E-state index in [-0.39, 0.29) is 5.92 Å². The van der Waals surface area contributed by atoms with Gasteiger partial charge in [-0.15, -0.1) is 0 Å². The summed E-state index contributed by atoms with van der Waals surface area (Å²) in [5, 5.41) is 12.1. The van der Waals surface area contributed by atoms with Crippen LogP contribution >= 0.6 is 0 Å². The summed E-state index contributed by atoms with van der Waals surface area (Å²) in [6, 6.07) is 5.41. The van der Waals surface area contributed by atoms with Gasteiger partial charge in [0.2, 0.25) is 0 Å². The first-order valence-electron chi connectivity index (χ1n) is 5.40. The smallest absolute Gasteiger partial charge is 0.320 e. The number of nitrogens with two attached hydrogens (primary N) is 1. The molecular weight excluding hydrogens is 204 g/mol. The number of aryl methyl sites for hydroxylation is 1. The molecule has 86 valence electrons. The first kappa shape index (κ1) is 11.0. The van der Waals surface area contributed by atoms with E-state index in [0.29, 0.717) is 6.42 Å². The zero-order valence-electron chi connectivity index (χ0n) is 9.23. The fraction of sp³-hybridized carbons (Fsp3) is 0.417. The molecule has 4 heteroatoms. The van der Waals surface area contributed by atoms with E-state index in [4.69, 9.17) is 10.8 Å². The maximum atomic E-state index is 10.7. The maximum absolute atomic E-state index is 10.7. The predicted octanol–water partition coefficient (Wildman–Crippen LogP) is 1.31. The molecular formula is C12H16N2O2. The molecule has 0 aliphatic carbocycles. The van der Waals surface area contributed by atoms with Crippen molar-refractivity contribution in [2.75, 3.05) is 11.9 Å². The van der Waals surface area contributed by atoms with Crippen LogP contribution in [-0.4, -0.2) is 23.7 Å². The van der Waals surface area contributed by atoms with Crippen molar-refractivity contribution in [2.24, 2.45) is 5.73 Å². The fourth-order valence-corrected chi connectivity index (χ4v) is 2.14. The van der Waals surface area contributed by atoms with Gasteiger partial charge in [-0.25, -0.2) is 0 Å². The van der Waals surface area contributed by atoms with E-state index in [1.165, 1.54) is 11.1 Å². The standard InChI is InChI=1S/C12H16N2O2/c1-7-2-3-11-9(4-7)8(6-14-11)5-10(13)12(15)16/h2-4,8,10,14H,5-6,13H2,1H3,(H,15,16)/t8-,10-/m1/s1. The molecule has 4 nitrogen and oxygen atoms in total. The van der Waals surface area contributed by atoms with Crippen LogP contribution in [0.5, 0.6) is 0 Å². The first-order chi connectivity index (χ1) is 7.58. The number of fused-ring (bicyclic) bond motifs is 1. The lowest BCUT2D eigenvalue weighted by atomic mass is 9.93. The minimum Gasteiger partial charge on any atom is -0.480 e. The monoisotopic (exact) mass is 220 g/mol. The summed E-state index contributed by atoms with van der Waals surface area (Å²) in [6.07, 6.45) is 0.485. The number of rotatable bonds is 3. The van der Waals surface area contributed by atoms with Gasteiger partial charge < -0.3 is 16.2 Å². The highest BCUT2D eigenvalue weighted by atomic mass is 16.4. The van der Waals surface area contributed by atoms with Crippen LogP contribution in [0.2, 0.25) is 0 Å². The second-order valence-corrected chi connectivity index (χ2v) is 4.35. The molecule has 0 bridgehead atoms. The van der Waals surface area contributed by atoms with E-state index >= 15 is 0 Å². The fourth-order valence-electron chi connectivity index (χ4n) is 2.14. The van der Waals surface area contributed by atoms with Crippen LogP contribution in [0.3, 0.4) is 0 Å². The Bertz CT molecular complexity index is 417.